The molecule has 0 fully saturated rings. The fourth-order valence-corrected chi connectivity index (χ4v) is 9.87. The lowest BCUT2D eigenvalue weighted by Crippen LogP contribution is -2.57. The van der Waals surface area contributed by atoms with Gasteiger partial charge >= 0.3 is 0 Å². The molecule has 3 atom stereocenters. The third kappa shape index (κ3) is 10.0. The van der Waals surface area contributed by atoms with Gasteiger partial charge in [0.25, 0.3) is 0 Å². The Morgan fingerprint density at radius 1 is 0.612 bits per heavy atom. The van der Waals surface area contributed by atoms with Crippen molar-refractivity contribution in [2.24, 2.45) is 11.8 Å². The molecular weight excluding hydrogens is 641 g/mol. The molecule has 0 radical (unpaired) electrons. The molecule has 10 nitrogen and oxygen atoms in total. The summed E-state index contributed by atoms with van der Waals surface area (Å²) < 4.78 is 16.4. The molecule has 3 amide bonds. The summed E-state index contributed by atoms with van der Waals surface area (Å²) >= 11 is 0. The molecule has 0 bridgehead atoms. The van der Waals surface area contributed by atoms with Gasteiger partial charge < -0.3 is 30.2 Å². The van der Waals surface area contributed by atoms with E-state index in [2.05, 4.69) is 16.0 Å². The van der Waals surface area contributed by atoms with Crippen LogP contribution in [0.1, 0.15) is 48.0 Å². The van der Waals surface area contributed by atoms with Crippen molar-refractivity contribution in [1.29, 1.82) is 0 Å². The normalized spacial score (nSPS) is 13.2. The Morgan fingerprint density at radius 3 is 1.35 bits per heavy atom. The predicted octanol–water partition coefficient (Wildman–Crippen LogP) is 3.77. The average Bonchev–Trinajstić information content (AvgIpc) is 3.08. The van der Waals surface area contributed by atoms with E-state index in [1.807, 2.05) is 100 Å². The molecule has 0 spiro atoms. The minimum Gasteiger partial charge on any atom is -0.497 e. The van der Waals surface area contributed by atoms with E-state index in [-0.39, 0.29) is 29.7 Å². The number of ether oxygens (including phenoxy) is 3. The SMILES string of the molecule is COc1ccc([P+](CC(=O)[C@H](CC(C)C)NC(=O)[C@@H](NC(=O)[C@H](C)NC(C)=O)C(C)C)(c2ccc(OC)cc2)c2ccc(OC)cc2)cc1. The van der Waals surface area contributed by atoms with Crippen LogP contribution >= 0.6 is 7.26 Å². The maximum Gasteiger partial charge on any atom is 0.243 e. The van der Waals surface area contributed by atoms with Gasteiger partial charge in [-0.2, -0.15) is 0 Å². The lowest BCUT2D eigenvalue weighted by atomic mass is 9.98. The van der Waals surface area contributed by atoms with Crippen LogP contribution < -0.4 is 46.1 Å². The van der Waals surface area contributed by atoms with Crippen molar-refractivity contribution in [2.75, 3.05) is 27.5 Å². The monoisotopic (exact) mass is 692 g/mol. The number of methoxy groups -OCH3 is 3. The van der Waals surface area contributed by atoms with Crippen molar-refractivity contribution in [2.45, 2.75) is 66.1 Å². The van der Waals surface area contributed by atoms with Crippen LogP contribution in [-0.2, 0) is 19.2 Å². The molecular formula is C38H51N3O7P+. The van der Waals surface area contributed by atoms with Crippen molar-refractivity contribution in [1.82, 2.24) is 16.0 Å². The first-order chi connectivity index (χ1) is 23.2. The molecule has 0 aliphatic carbocycles. The van der Waals surface area contributed by atoms with Crippen molar-refractivity contribution in [3.05, 3.63) is 72.8 Å². The molecule has 0 heterocycles. The summed E-state index contributed by atoms with van der Waals surface area (Å²) in [4.78, 5) is 53.0. The zero-order valence-corrected chi connectivity index (χ0v) is 30.9. The maximum absolute atomic E-state index is 14.8. The van der Waals surface area contributed by atoms with Gasteiger partial charge in [0.15, 0.2) is 5.78 Å². The Bertz CT molecular complexity index is 1440. The predicted molar refractivity (Wildman–Crippen MR) is 196 cm³/mol. The van der Waals surface area contributed by atoms with Crippen LogP contribution in [0.5, 0.6) is 17.2 Å². The molecule has 3 aromatic rings. The standard InChI is InChI=1S/C38H50N3O7P/c1-24(2)22-34(40-38(45)36(25(3)4)41-37(44)26(5)39-27(6)42)35(43)23-49(31-16-10-28(46-7)11-17-31,32-18-12-29(47-8)13-19-32)33-20-14-30(48-9)15-21-33/h10-21,24-26,34,36H,22-23H2,1-9H3,(H2-,39,40,41,42,44,45)/p+1/t26-,34-,36-/m0/s1. The number of Topliss-reactive ketones (excluding diaryl/α,β-unsaturated/α-hetero) is 1. The Morgan fingerprint density at radius 2 is 1.02 bits per heavy atom. The van der Waals surface area contributed by atoms with E-state index in [9.17, 15) is 19.2 Å². The second-order valence-electron chi connectivity index (χ2n) is 12.9. The molecule has 0 aliphatic rings. The van der Waals surface area contributed by atoms with Crippen molar-refractivity contribution >= 4 is 46.7 Å². The number of carbonyl (C=O) groups excluding carboxylic acids is 4. The van der Waals surface area contributed by atoms with Crippen molar-refractivity contribution in [3.63, 3.8) is 0 Å². The van der Waals surface area contributed by atoms with E-state index < -0.39 is 37.2 Å². The highest BCUT2D eigenvalue weighted by atomic mass is 31.2. The van der Waals surface area contributed by atoms with Gasteiger partial charge in [-0.25, -0.2) is 0 Å². The summed E-state index contributed by atoms with van der Waals surface area (Å²) in [6.07, 6.45) is 0.521. The summed E-state index contributed by atoms with van der Waals surface area (Å²) in [5.41, 5.74) is 0. The Hall–Kier alpha value is -4.43. The fraction of sp³-hybridized carbons (Fsp3) is 0.421. The number of amides is 3. The number of benzene rings is 3. The average molecular weight is 693 g/mol. The molecule has 11 heteroatoms. The van der Waals surface area contributed by atoms with Crippen LogP contribution in [-0.4, -0.2) is 69.1 Å². The van der Waals surface area contributed by atoms with Crippen LogP contribution in [0.25, 0.3) is 0 Å². The molecule has 3 N–H and O–H groups in total. The molecule has 264 valence electrons. The highest BCUT2D eigenvalue weighted by Crippen LogP contribution is 2.56. The number of nitrogens with one attached hydrogen (secondary N) is 3. The Labute approximate surface area is 291 Å². The third-order valence-electron chi connectivity index (χ3n) is 8.40. The number of rotatable bonds is 17. The van der Waals surface area contributed by atoms with Gasteiger partial charge in [0.1, 0.15) is 58.7 Å². The second kappa shape index (κ2) is 17.8. The van der Waals surface area contributed by atoms with Gasteiger partial charge in [-0.1, -0.05) is 27.7 Å². The Balaban J connectivity index is 2.13. The summed E-state index contributed by atoms with van der Waals surface area (Å²) in [7, 11) is 2.12. The van der Waals surface area contributed by atoms with Gasteiger partial charge in [-0.3, -0.25) is 19.2 Å². The first-order valence-corrected chi connectivity index (χ1v) is 18.5. The number of hydrogen-bond donors (Lipinski definition) is 3. The topological polar surface area (TPSA) is 132 Å². The molecule has 0 saturated carbocycles. The molecule has 0 aliphatic heterocycles. The van der Waals surface area contributed by atoms with Gasteiger partial charge in [0.2, 0.25) is 17.7 Å². The quantitative estimate of drug-likeness (QED) is 0.184. The highest BCUT2D eigenvalue weighted by Gasteiger charge is 2.49. The fourth-order valence-electron chi connectivity index (χ4n) is 5.76. The molecule has 0 unspecified atom stereocenters. The van der Waals surface area contributed by atoms with Gasteiger partial charge in [0, 0.05) is 6.92 Å². The zero-order valence-electron chi connectivity index (χ0n) is 30.0. The number of carbonyl (C=O) groups is 4. The van der Waals surface area contributed by atoms with E-state index in [1.165, 1.54) is 6.92 Å². The van der Waals surface area contributed by atoms with Crippen molar-refractivity contribution < 1.29 is 33.4 Å². The van der Waals surface area contributed by atoms with E-state index in [0.29, 0.717) is 23.7 Å². The van der Waals surface area contributed by atoms with Crippen LogP contribution in [0.15, 0.2) is 72.8 Å². The lowest BCUT2D eigenvalue weighted by molar-refractivity contribution is -0.133. The van der Waals surface area contributed by atoms with Crippen LogP contribution in [0.4, 0.5) is 0 Å². The lowest BCUT2D eigenvalue weighted by Gasteiger charge is -2.30. The first-order valence-electron chi connectivity index (χ1n) is 16.5. The second-order valence-corrected chi connectivity index (χ2v) is 16.4. The number of ketones is 1. The molecule has 0 saturated heterocycles. The van der Waals surface area contributed by atoms with E-state index in [0.717, 1.165) is 15.9 Å². The smallest absolute Gasteiger partial charge is 0.243 e. The van der Waals surface area contributed by atoms with Crippen molar-refractivity contribution in [3.8, 4) is 17.2 Å². The van der Waals surface area contributed by atoms with Gasteiger partial charge in [-0.05, 0) is 98.0 Å². The third-order valence-corrected chi connectivity index (χ3v) is 12.7. The highest BCUT2D eigenvalue weighted by molar-refractivity contribution is 7.96. The minimum atomic E-state index is -2.71. The summed E-state index contributed by atoms with van der Waals surface area (Å²) in [6, 6.07) is 20.8. The first kappa shape index (κ1) is 39.0. The Kier molecular flexibility index (Phi) is 14.2. The summed E-state index contributed by atoms with van der Waals surface area (Å²) in [6.45, 7) is 10.5. The zero-order chi connectivity index (χ0) is 36.3. The number of hydrogen-bond acceptors (Lipinski definition) is 7. The van der Waals surface area contributed by atoms with Gasteiger partial charge in [0.05, 0.1) is 27.4 Å². The van der Waals surface area contributed by atoms with E-state index in [4.69, 9.17) is 14.2 Å². The molecule has 3 aromatic carbocycles. The van der Waals surface area contributed by atoms with E-state index >= 15 is 0 Å². The van der Waals surface area contributed by atoms with Crippen LogP contribution in [0.2, 0.25) is 0 Å². The summed E-state index contributed by atoms with van der Waals surface area (Å²) in [5.74, 6) is 0.446. The molecule has 49 heavy (non-hydrogen) atoms. The van der Waals surface area contributed by atoms with Crippen LogP contribution in [0.3, 0.4) is 0 Å². The minimum absolute atomic E-state index is 0.0804. The van der Waals surface area contributed by atoms with E-state index in [1.54, 1.807) is 28.3 Å². The van der Waals surface area contributed by atoms with Crippen LogP contribution in [0, 0.1) is 11.8 Å². The summed E-state index contributed by atoms with van der Waals surface area (Å²) in [5, 5.41) is 11.2. The largest absolute Gasteiger partial charge is 0.497 e. The molecule has 0 aromatic heterocycles. The molecule has 3 rings (SSSR count). The van der Waals surface area contributed by atoms with Gasteiger partial charge in [-0.15, -0.1) is 0 Å². The maximum atomic E-state index is 14.8.